The Balaban J connectivity index is 1.75. The molecule has 224 valence electrons. The van der Waals surface area contributed by atoms with Crippen molar-refractivity contribution >= 4 is 67.3 Å². The number of carbonyl (C=O) groups is 3. The van der Waals surface area contributed by atoms with Crippen LogP contribution in [0, 0.1) is 0 Å². The fourth-order valence-electron chi connectivity index (χ4n) is 4.58. The summed E-state index contributed by atoms with van der Waals surface area (Å²) in [4.78, 5) is 37.5. The molecule has 0 unspecified atom stereocenters. The third kappa shape index (κ3) is 7.73. The number of halogens is 2. The highest BCUT2D eigenvalue weighted by Crippen LogP contribution is 2.34. The maximum Gasteiger partial charge on any atom is 0.327 e. The topological polar surface area (TPSA) is 124 Å². The molecule has 11 heteroatoms. The van der Waals surface area contributed by atoms with Gasteiger partial charge in [-0.05, 0) is 74.5 Å². The number of hydrogen-bond acceptors (Lipinski definition) is 6. The second-order valence-corrected chi connectivity index (χ2v) is 13.6. The molecule has 0 aliphatic heterocycles. The second kappa shape index (κ2) is 12.8. The van der Waals surface area contributed by atoms with E-state index in [9.17, 15) is 22.8 Å². The van der Waals surface area contributed by atoms with Gasteiger partial charge in [0.25, 0.3) is 10.0 Å². The zero-order chi connectivity index (χ0) is 31.5. The van der Waals surface area contributed by atoms with Gasteiger partial charge in [0.1, 0.15) is 12.1 Å². The van der Waals surface area contributed by atoms with Crippen LogP contribution in [0.1, 0.15) is 53.5 Å². The van der Waals surface area contributed by atoms with Crippen LogP contribution in [-0.4, -0.2) is 38.2 Å². The third-order valence-corrected chi connectivity index (χ3v) is 8.64. The number of sulfonamides is 1. The number of carbonyl (C=O) groups excluding carboxylic acids is 3. The zero-order valence-corrected chi connectivity index (χ0v) is 26.1. The maximum absolute atomic E-state index is 14.0. The van der Waals surface area contributed by atoms with Crippen LogP contribution >= 0.6 is 23.2 Å². The minimum Gasteiger partial charge on any atom is -0.459 e. The van der Waals surface area contributed by atoms with E-state index in [1.165, 1.54) is 18.2 Å². The first-order valence-corrected chi connectivity index (χ1v) is 15.5. The number of hydrogen-bond donors (Lipinski definition) is 1. The van der Waals surface area contributed by atoms with Gasteiger partial charge in [0.05, 0.1) is 10.6 Å². The molecule has 0 bridgehead atoms. The van der Waals surface area contributed by atoms with E-state index in [-0.39, 0.29) is 32.8 Å². The van der Waals surface area contributed by atoms with Crippen molar-refractivity contribution in [3.05, 3.63) is 106 Å². The Morgan fingerprint density at radius 1 is 0.860 bits per heavy atom. The Morgan fingerprint density at radius 3 is 2.07 bits per heavy atom. The van der Waals surface area contributed by atoms with Crippen molar-refractivity contribution < 1.29 is 27.5 Å². The summed E-state index contributed by atoms with van der Waals surface area (Å²) in [6.45, 7) is 4.41. The van der Waals surface area contributed by atoms with E-state index in [1.807, 2.05) is 0 Å². The molecule has 4 rings (SSSR count). The van der Waals surface area contributed by atoms with E-state index in [0.717, 1.165) is 9.87 Å². The molecule has 0 saturated carbocycles. The number of aryl methyl sites for hydroxylation is 1. The van der Waals surface area contributed by atoms with E-state index in [2.05, 4.69) is 0 Å². The van der Waals surface area contributed by atoms with Gasteiger partial charge in [0.15, 0.2) is 5.78 Å². The van der Waals surface area contributed by atoms with Crippen molar-refractivity contribution in [2.24, 2.45) is 5.73 Å². The SMILES string of the molecule is CC(C)(C)OC(=O)CN(c1cccc2c(C(=O)CCc3ccc(C(N)=O)cc3)cccc12)S(=O)(=O)c1cc(Cl)cc(Cl)c1. The summed E-state index contributed by atoms with van der Waals surface area (Å²) < 4.78 is 34.5. The molecule has 0 heterocycles. The van der Waals surface area contributed by atoms with E-state index in [0.29, 0.717) is 28.3 Å². The molecule has 2 N–H and O–H groups in total. The quantitative estimate of drug-likeness (QED) is 0.154. The molecular formula is C32H30Cl2N2O6S. The predicted molar refractivity (Wildman–Crippen MR) is 168 cm³/mol. The Bertz CT molecular complexity index is 1800. The third-order valence-electron chi connectivity index (χ3n) is 6.46. The van der Waals surface area contributed by atoms with Crippen LogP contribution in [-0.2, 0) is 26.0 Å². The van der Waals surface area contributed by atoms with Crippen molar-refractivity contribution in [1.82, 2.24) is 0 Å². The smallest absolute Gasteiger partial charge is 0.327 e. The second-order valence-electron chi connectivity index (χ2n) is 10.9. The molecule has 4 aromatic rings. The van der Waals surface area contributed by atoms with Crippen molar-refractivity contribution in [3.8, 4) is 0 Å². The summed E-state index contributed by atoms with van der Waals surface area (Å²) in [6.07, 6.45) is 0.586. The Morgan fingerprint density at radius 2 is 1.47 bits per heavy atom. The number of rotatable bonds is 10. The fourth-order valence-corrected chi connectivity index (χ4v) is 6.73. The van der Waals surface area contributed by atoms with Crippen LogP contribution < -0.4 is 10.0 Å². The number of amides is 1. The molecule has 0 saturated heterocycles. The summed E-state index contributed by atoms with van der Waals surface area (Å²) in [5.41, 5.74) is 6.25. The molecule has 43 heavy (non-hydrogen) atoms. The molecule has 4 aromatic carbocycles. The highest BCUT2D eigenvalue weighted by atomic mass is 35.5. The molecule has 0 spiro atoms. The molecule has 0 aliphatic carbocycles. The van der Waals surface area contributed by atoms with E-state index in [4.69, 9.17) is 33.7 Å². The zero-order valence-electron chi connectivity index (χ0n) is 23.8. The molecule has 0 atom stereocenters. The van der Waals surface area contributed by atoms with E-state index in [1.54, 1.807) is 81.4 Å². The lowest BCUT2D eigenvalue weighted by Crippen LogP contribution is -2.39. The number of nitrogens with two attached hydrogens (primary N) is 1. The van der Waals surface area contributed by atoms with Gasteiger partial charge in [-0.3, -0.25) is 18.7 Å². The summed E-state index contributed by atoms with van der Waals surface area (Å²) in [6, 6.07) is 20.6. The normalized spacial score (nSPS) is 11.7. The maximum atomic E-state index is 14.0. The van der Waals surface area contributed by atoms with Crippen LogP contribution in [0.5, 0.6) is 0 Å². The summed E-state index contributed by atoms with van der Waals surface area (Å²) in [5, 5.41) is 1.18. The number of fused-ring (bicyclic) bond motifs is 1. The highest BCUT2D eigenvalue weighted by molar-refractivity contribution is 7.93. The first-order chi connectivity index (χ1) is 20.2. The van der Waals surface area contributed by atoms with E-state index < -0.39 is 34.0 Å². The number of Topliss-reactive ketones (excluding diaryl/α,β-unsaturated/α-hetero) is 1. The van der Waals surface area contributed by atoms with Gasteiger partial charge in [-0.25, -0.2) is 8.42 Å². The summed E-state index contributed by atoms with van der Waals surface area (Å²) >= 11 is 12.3. The van der Waals surface area contributed by atoms with Crippen LogP contribution in [0.25, 0.3) is 10.8 Å². The number of primary amides is 1. The van der Waals surface area contributed by atoms with Gasteiger partial charge < -0.3 is 10.5 Å². The van der Waals surface area contributed by atoms with Crippen molar-refractivity contribution in [2.45, 2.75) is 44.1 Å². The van der Waals surface area contributed by atoms with Crippen LogP contribution in [0.15, 0.2) is 83.8 Å². The van der Waals surface area contributed by atoms with Crippen molar-refractivity contribution in [2.75, 3.05) is 10.8 Å². The average molecular weight is 642 g/mol. The Hall–Kier alpha value is -3.92. The number of anilines is 1. The molecule has 0 aromatic heterocycles. The van der Waals surface area contributed by atoms with E-state index >= 15 is 0 Å². The number of esters is 1. The standard InChI is InChI=1S/C32H30Cl2N2O6S/c1-32(2,3)42-30(38)19-36(43(40,41)24-17-22(33)16-23(34)18-24)28-9-5-6-25-26(28)7-4-8-27(25)29(37)15-12-20-10-13-21(14-11-20)31(35)39/h4-11,13-14,16-18H,12,15,19H2,1-3H3,(H2,35,39). The van der Waals surface area contributed by atoms with Crippen LogP contribution in [0.4, 0.5) is 5.69 Å². The lowest BCUT2D eigenvalue weighted by atomic mass is 9.96. The molecule has 0 fully saturated rings. The highest BCUT2D eigenvalue weighted by Gasteiger charge is 2.31. The van der Waals surface area contributed by atoms with Gasteiger partial charge >= 0.3 is 5.97 Å². The molecule has 1 amide bonds. The lowest BCUT2D eigenvalue weighted by molar-refractivity contribution is -0.152. The minimum atomic E-state index is -4.38. The van der Waals surface area contributed by atoms with Crippen molar-refractivity contribution in [3.63, 3.8) is 0 Å². The molecule has 0 radical (unpaired) electrons. The fraction of sp³-hybridized carbons (Fsp3) is 0.219. The molecule has 8 nitrogen and oxygen atoms in total. The van der Waals surface area contributed by atoms with Crippen molar-refractivity contribution in [1.29, 1.82) is 0 Å². The largest absolute Gasteiger partial charge is 0.459 e. The minimum absolute atomic E-state index is 0.110. The van der Waals surface area contributed by atoms with Gasteiger partial charge in [0.2, 0.25) is 5.91 Å². The molecular weight excluding hydrogens is 611 g/mol. The monoisotopic (exact) mass is 640 g/mol. The van der Waals surface area contributed by atoms with Gasteiger partial charge in [-0.15, -0.1) is 0 Å². The number of ketones is 1. The first-order valence-electron chi connectivity index (χ1n) is 13.3. The first kappa shape index (κ1) is 32.0. The molecule has 0 aliphatic rings. The van der Waals surface area contributed by atoms with Gasteiger partial charge in [-0.2, -0.15) is 0 Å². The summed E-state index contributed by atoms with van der Waals surface area (Å²) in [5.74, 6) is -1.46. The Kier molecular flexibility index (Phi) is 9.49. The number of nitrogens with zero attached hydrogens (tertiary/aromatic N) is 1. The lowest BCUT2D eigenvalue weighted by Gasteiger charge is -2.27. The van der Waals surface area contributed by atoms with Crippen LogP contribution in [0.3, 0.4) is 0 Å². The van der Waals surface area contributed by atoms with Gasteiger partial charge in [0, 0.05) is 33.0 Å². The van der Waals surface area contributed by atoms with Crippen LogP contribution in [0.2, 0.25) is 10.0 Å². The predicted octanol–water partition coefficient (Wildman–Crippen LogP) is 6.60. The Labute approximate surface area is 260 Å². The van der Waals surface area contributed by atoms with Gasteiger partial charge in [-0.1, -0.05) is 65.7 Å². The average Bonchev–Trinajstić information content (AvgIpc) is 2.92. The number of ether oxygens (including phenoxy) is 1. The summed E-state index contributed by atoms with van der Waals surface area (Å²) in [7, 11) is -4.38. The number of benzene rings is 4.